The molecule has 0 aliphatic carbocycles. The zero-order valence-corrected chi connectivity index (χ0v) is 22.4. The van der Waals surface area contributed by atoms with Gasteiger partial charge in [0, 0.05) is 11.6 Å². The van der Waals surface area contributed by atoms with Crippen molar-refractivity contribution in [2.24, 2.45) is 0 Å². The number of carbonyl (C=O) groups is 1. The lowest BCUT2D eigenvalue weighted by molar-refractivity contribution is -0.280. The molecule has 10 nitrogen and oxygen atoms in total. The van der Waals surface area contributed by atoms with Gasteiger partial charge >= 0.3 is 0 Å². The number of para-hydroxylation sites is 1. The van der Waals surface area contributed by atoms with Crippen molar-refractivity contribution in [2.45, 2.75) is 30.7 Å². The van der Waals surface area contributed by atoms with E-state index in [1.165, 1.54) is 14.2 Å². The van der Waals surface area contributed by atoms with Gasteiger partial charge in [0.15, 0.2) is 18.2 Å². The summed E-state index contributed by atoms with van der Waals surface area (Å²) in [7, 11) is 3.00. The van der Waals surface area contributed by atoms with E-state index >= 15 is 0 Å². The molecule has 0 amide bonds. The first-order valence-electron chi connectivity index (χ1n) is 12.4. The molecule has 1 aliphatic heterocycles. The van der Waals surface area contributed by atoms with Crippen LogP contribution < -0.4 is 14.2 Å². The standard InChI is InChI=1S/C29H28ClNO9/c1-37-15-10-11-17(21(12-15)38-2)25(33)16-6-3-4-8-19(16)31-13-22(24-18(30)7-5-9-20(24)31)39-28-27(35)26(34)23(14-32)40-29(28)36/h3-13,23,26-29,32,34-36H,14H2,1-2H3/t23-,26+,27+,28-,29-/m1/s1. The second kappa shape index (κ2) is 11.5. The van der Waals surface area contributed by atoms with E-state index < -0.39 is 37.3 Å². The van der Waals surface area contributed by atoms with Crippen LogP contribution in [0.3, 0.4) is 0 Å². The number of halogens is 1. The van der Waals surface area contributed by atoms with Gasteiger partial charge in [-0.15, -0.1) is 0 Å². The van der Waals surface area contributed by atoms with Gasteiger partial charge in [-0.2, -0.15) is 0 Å². The first-order valence-corrected chi connectivity index (χ1v) is 12.8. The quantitative estimate of drug-likeness (QED) is 0.236. The fourth-order valence-corrected chi connectivity index (χ4v) is 5.11. The third-order valence-electron chi connectivity index (χ3n) is 6.91. The molecule has 0 radical (unpaired) electrons. The maximum absolute atomic E-state index is 13.8. The van der Waals surface area contributed by atoms with Crippen LogP contribution in [-0.2, 0) is 4.74 Å². The second-order valence-electron chi connectivity index (χ2n) is 9.22. The number of fused-ring (bicyclic) bond motifs is 1. The maximum Gasteiger partial charge on any atom is 0.198 e. The Balaban J connectivity index is 1.60. The molecule has 11 heteroatoms. The molecule has 4 aromatic rings. The van der Waals surface area contributed by atoms with Crippen LogP contribution in [0.1, 0.15) is 15.9 Å². The Bertz CT molecular complexity index is 1540. The van der Waals surface area contributed by atoms with Gasteiger partial charge in [-0.3, -0.25) is 4.79 Å². The van der Waals surface area contributed by atoms with E-state index in [1.54, 1.807) is 71.4 Å². The molecule has 5 rings (SSSR count). The Hall–Kier alpha value is -3.64. The molecule has 210 valence electrons. The summed E-state index contributed by atoms with van der Waals surface area (Å²) in [6.45, 7) is -0.600. The van der Waals surface area contributed by atoms with Gasteiger partial charge in [-0.05, 0) is 36.4 Å². The van der Waals surface area contributed by atoms with Crippen molar-refractivity contribution in [1.82, 2.24) is 4.57 Å². The number of ketones is 1. The lowest BCUT2D eigenvalue weighted by Crippen LogP contribution is -2.60. The molecule has 5 atom stereocenters. The molecule has 0 saturated carbocycles. The highest BCUT2D eigenvalue weighted by Crippen LogP contribution is 2.39. The largest absolute Gasteiger partial charge is 0.497 e. The average Bonchev–Trinajstić information content (AvgIpc) is 3.35. The van der Waals surface area contributed by atoms with Crippen LogP contribution in [0.5, 0.6) is 17.2 Å². The highest BCUT2D eigenvalue weighted by molar-refractivity contribution is 6.36. The first-order chi connectivity index (χ1) is 19.3. The summed E-state index contributed by atoms with van der Waals surface area (Å²) in [5, 5.41) is 41.6. The van der Waals surface area contributed by atoms with Crippen molar-refractivity contribution in [3.05, 3.63) is 83.0 Å². The van der Waals surface area contributed by atoms with Gasteiger partial charge < -0.3 is 43.9 Å². The minimum atomic E-state index is -1.65. The molecule has 1 fully saturated rings. The summed E-state index contributed by atoms with van der Waals surface area (Å²) < 4.78 is 23.7. The minimum absolute atomic E-state index is 0.172. The predicted octanol–water partition coefficient (Wildman–Crippen LogP) is 2.71. The molecule has 3 aromatic carbocycles. The third-order valence-corrected chi connectivity index (χ3v) is 7.23. The molecule has 2 heterocycles. The second-order valence-corrected chi connectivity index (χ2v) is 9.63. The SMILES string of the molecule is COc1ccc(C(=O)c2ccccc2-n2cc(O[C@@H]3[C@@H](O)[C@@H](O)[C@@H](CO)O[C@H]3O)c3c(Cl)cccc32)c(OC)c1. The van der Waals surface area contributed by atoms with Gasteiger partial charge in [0.1, 0.15) is 35.6 Å². The van der Waals surface area contributed by atoms with E-state index in [1.807, 2.05) is 0 Å². The van der Waals surface area contributed by atoms with Gasteiger partial charge in [0.2, 0.25) is 0 Å². The Labute approximate surface area is 234 Å². The molecular weight excluding hydrogens is 542 g/mol. The molecule has 4 N–H and O–H groups in total. The van der Waals surface area contributed by atoms with Gasteiger partial charge in [-0.25, -0.2) is 0 Å². The number of hydrogen-bond donors (Lipinski definition) is 4. The van der Waals surface area contributed by atoms with Crippen molar-refractivity contribution < 1.29 is 44.2 Å². The van der Waals surface area contributed by atoms with E-state index in [-0.39, 0.29) is 11.5 Å². The summed E-state index contributed by atoms with van der Waals surface area (Å²) in [6.07, 6.45) is -5.71. The lowest BCUT2D eigenvalue weighted by Gasteiger charge is -2.39. The summed E-state index contributed by atoms with van der Waals surface area (Å²) in [6, 6.07) is 17.1. The van der Waals surface area contributed by atoms with Crippen LogP contribution in [-0.4, -0.2) is 82.3 Å². The minimum Gasteiger partial charge on any atom is -0.497 e. The predicted molar refractivity (Wildman–Crippen MR) is 146 cm³/mol. The van der Waals surface area contributed by atoms with Gasteiger partial charge in [-0.1, -0.05) is 29.8 Å². The van der Waals surface area contributed by atoms with Crippen LogP contribution >= 0.6 is 11.6 Å². The maximum atomic E-state index is 13.8. The topological polar surface area (TPSA) is 140 Å². The summed E-state index contributed by atoms with van der Waals surface area (Å²) in [5.41, 5.74) is 1.78. The van der Waals surface area contributed by atoms with Crippen LogP contribution in [0.25, 0.3) is 16.6 Å². The Morgan fingerprint density at radius 2 is 1.73 bits per heavy atom. The number of benzene rings is 3. The van der Waals surface area contributed by atoms with E-state index in [0.29, 0.717) is 44.2 Å². The molecule has 1 aromatic heterocycles. The molecule has 1 aliphatic rings. The molecule has 0 unspecified atom stereocenters. The van der Waals surface area contributed by atoms with Crippen LogP contribution in [0, 0.1) is 0 Å². The normalized spacial score (nSPS) is 22.7. The molecular formula is C29H28ClNO9. The number of methoxy groups -OCH3 is 2. The van der Waals surface area contributed by atoms with E-state index in [9.17, 15) is 25.2 Å². The van der Waals surface area contributed by atoms with Crippen LogP contribution in [0.15, 0.2) is 66.9 Å². The smallest absolute Gasteiger partial charge is 0.198 e. The van der Waals surface area contributed by atoms with Crippen molar-refractivity contribution in [2.75, 3.05) is 20.8 Å². The third kappa shape index (κ3) is 4.90. The number of aromatic nitrogens is 1. The van der Waals surface area contributed by atoms with Gasteiger partial charge in [0.25, 0.3) is 0 Å². The zero-order chi connectivity index (χ0) is 28.6. The molecule has 40 heavy (non-hydrogen) atoms. The van der Waals surface area contributed by atoms with Crippen molar-refractivity contribution >= 4 is 28.3 Å². The Morgan fingerprint density at radius 3 is 2.45 bits per heavy atom. The van der Waals surface area contributed by atoms with Crippen LogP contribution in [0.2, 0.25) is 5.02 Å². The van der Waals surface area contributed by atoms with Crippen molar-refractivity contribution in [3.63, 3.8) is 0 Å². The number of aliphatic hydroxyl groups is 4. The Kier molecular flexibility index (Phi) is 7.99. The van der Waals surface area contributed by atoms with Crippen molar-refractivity contribution in [3.8, 4) is 22.9 Å². The van der Waals surface area contributed by atoms with Crippen molar-refractivity contribution in [1.29, 1.82) is 0 Å². The molecule has 0 bridgehead atoms. The van der Waals surface area contributed by atoms with Gasteiger partial charge in [0.05, 0.1) is 54.2 Å². The number of carbonyl (C=O) groups excluding carboxylic acids is 1. The number of hydrogen-bond acceptors (Lipinski definition) is 9. The van der Waals surface area contributed by atoms with Crippen LogP contribution in [0.4, 0.5) is 0 Å². The monoisotopic (exact) mass is 569 g/mol. The highest BCUT2D eigenvalue weighted by atomic mass is 35.5. The lowest BCUT2D eigenvalue weighted by atomic mass is 9.99. The zero-order valence-electron chi connectivity index (χ0n) is 21.6. The average molecular weight is 570 g/mol. The molecule has 1 saturated heterocycles. The fourth-order valence-electron chi connectivity index (χ4n) is 4.85. The number of aliphatic hydroxyl groups excluding tert-OH is 4. The molecule has 0 spiro atoms. The number of ether oxygens (including phenoxy) is 4. The van der Waals surface area contributed by atoms with E-state index in [2.05, 4.69) is 0 Å². The fraction of sp³-hybridized carbons (Fsp3) is 0.276. The van der Waals surface area contributed by atoms with E-state index in [0.717, 1.165) is 0 Å². The summed E-state index contributed by atoms with van der Waals surface area (Å²) in [5.74, 6) is 0.766. The summed E-state index contributed by atoms with van der Waals surface area (Å²) >= 11 is 6.57. The number of nitrogens with zero attached hydrogens (tertiary/aromatic N) is 1. The van der Waals surface area contributed by atoms with E-state index in [4.69, 9.17) is 30.5 Å². The Morgan fingerprint density at radius 1 is 0.950 bits per heavy atom. The first kappa shape index (κ1) is 27.9. The highest BCUT2D eigenvalue weighted by Gasteiger charge is 2.45. The number of rotatable bonds is 8. The summed E-state index contributed by atoms with van der Waals surface area (Å²) in [4.78, 5) is 13.8.